The van der Waals surface area contributed by atoms with Crippen molar-refractivity contribution in [3.05, 3.63) is 95.1 Å². The van der Waals surface area contributed by atoms with E-state index in [2.05, 4.69) is 4.72 Å². The van der Waals surface area contributed by atoms with Gasteiger partial charge in [0.25, 0.3) is 10.0 Å². The van der Waals surface area contributed by atoms with Crippen molar-refractivity contribution in [2.75, 3.05) is 4.72 Å². The fourth-order valence-electron chi connectivity index (χ4n) is 2.92. The van der Waals surface area contributed by atoms with E-state index in [0.29, 0.717) is 24.5 Å². The van der Waals surface area contributed by atoms with Crippen molar-refractivity contribution in [1.29, 1.82) is 0 Å². The number of benzene rings is 3. The molecule has 0 fully saturated rings. The molecule has 0 amide bonds. The highest BCUT2D eigenvalue weighted by Gasteiger charge is 2.20. The van der Waals surface area contributed by atoms with Gasteiger partial charge >= 0.3 is 5.97 Å². The molecule has 0 aliphatic heterocycles. The molecule has 3 rings (SSSR count). The molecule has 0 aliphatic carbocycles. The number of halogens is 2. The Morgan fingerprint density at radius 3 is 2.41 bits per heavy atom. The van der Waals surface area contributed by atoms with E-state index in [9.17, 15) is 27.1 Å². The molecular formula is C21H17F2NO4S. The molecule has 0 saturated carbocycles. The molecule has 0 aliphatic rings. The number of carboxylic acid groups (broad SMARTS) is 1. The highest BCUT2D eigenvalue weighted by molar-refractivity contribution is 7.92. The minimum absolute atomic E-state index is 0.219. The SMILES string of the molecule is O=C(O)c1ccccc1CCc1cccc(NS(=O)(=O)c2ccc(F)cc2F)c1. The lowest BCUT2D eigenvalue weighted by Crippen LogP contribution is -2.15. The molecule has 0 heterocycles. The van der Waals surface area contributed by atoms with Crippen molar-refractivity contribution >= 4 is 21.7 Å². The maximum Gasteiger partial charge on any atom is 0.335 e. The van der Waals surface area contributed by atoms with Crippen LogP contribution in [-0.2, 0) is 22.9 Å². The molecule has 150 valence electrons. The second kappa shape index (κ2) is 8.40. The number of hydrogen-bond acceptors (Lipinski definition) is 3. The average molecular weight is 417 g/mol. The number of hydrogen-bond donors (Lipinski definition) is 2. The number of rotatable bonds is 7. The van der Waals surface area contributed by atoms with E-state index in [-0.39, 0.29) is 11.3 Å². The topological polar surface area (TPSA) is 83.5 Å². The molecule has 0 aromatic heterocycles. The first-order valence-corrected chi connectivity index (χ1v) is 10.1. The van der Waals surface area contributed by atoms with Gasteiger partial charge in [0.2, 0.25) is 0 Å². The normalized spacial score (nSPS) is 11.2. The van der Waals surface area contributed by atoms with Gasteiger partial charge in [0.05, 0.1) is 5.56 Å². The minimum atomic E-state index is -4.23. The van der Waals surface area contributed by atoms with E-state index in [4.69, 9.17) is 0 Å². The van der Waals surface area contributed by atoms with Crippen LogP contribution < -0.4 is 4.72 Å². The molecule has 0 bridgehead atoms. The summed E-state index contributed by atoms with van der Waals surface area (Å²) in [6.07, 6.45) is 0.927. The number of nitrogens with one attached hydrogen (secondary N) is 1. The zero-order valence-electron chi connectivity index (χ0n) is 15.1. The van der Waals surface area contributed by atoms with Crippen LogP contribution in [0.3, 0.4) is 0 Å². The highest BCUT2D eigenvalue weighted by atomic mass is 32.2. The lowest BCUT2D eigenvalue weighted by atomic mass is 10.00. The van der Waals surface area contributed by atoms with Gasteiger partial charge in [-0.3, -0.25) is 4.72 Å². The molecule has 0 unspecified atom stereocenters. The van der Waals surface area contributed by atoms with Crippen molar-refractivity contribution in [3.8, 4) is 0 Å². The Morgan fingerprint density at radius 2 is 1.69 bits per heavy atom. The third-order valence-corrected chi connectivity index (χ3v) is 5.71. The second-order valence-corrected chi connectivity index (χ2v) is 7.99. The van der Waals surface area contributed by atoms with E-state index in [1.54, 1.807) is 36.4 Å². The van der Waals surface area contributed by atoms with Crippen LogP contribution in [-0.4, -0.2) is 19.5 Å². The fourth-order valence-corrected chi connectivity index (χ4v) is 4.03. The fraction of sp³-hybridized carbons (Fsp3) is 0.0952. The Morgan fingerprint density at radius 1 is 0.931 bits per heavy atom. The molecule has 2 N–H and O–H groups in total. The monoisotopic (exact) mass is 417 g/mol. The number of carboxylic acids is 1. The van der Waals surface area contributed by atoms with E-state index >= 15 is 0 Å². The maximum absolute atomic E-state index is 13.8. The quantitative estimate of drug-likeness (QED) is 0.602. The Labute approximate surface area is 166 Å². The Kier molecular flexibility index (Phi) is 5.93. The van der Waals surface area contributed by atoms with Crippen LogP contribution in [0.1, 0.15) is 21.5 Å². The van der Waals surface area contributed by atoms with Crippen LogP contribution in [0.2, 0.25) is 0 Å². The average Bonchev–Trinajstić information content (AvgIpc) is 2.66. The summed E-state index contributed by atoms with van der Waals surface area (Å²) in [6, 6.07) is 15.4. The summed E-state index contributed by atoms with van der Waals surface area (Å²) >= 11 is 0. The van der Waals surface area contributed by atoms with Crippen molar-refractivity contribution in [1.82, 2.24) is 0 Å². The summed E-state index contributed by atoms with van der Waals surface area (Å²) in [4.78, 5) is 10.6. The predicted molar refractivity (Wildman–Crippen MR) is 104 cm³/mol. The van der Waals surface area contributed by atoms with Crippen LogP contribution in [0.5, 0.6) is 0 Å². The van der Waals surface area contributed by atoms with Crippen molar-refractivity contribution in [3.63, 3.8) is 0 Å². The van der Waals surface area contributed by atoms with Gasteiger partial charge in [-0.1, -0.05) is 30.3 Å². The zero-order valence-corrected chi connectivity index (χ0v) is 15.9. The lowest BCUT2D eigenvalue weighted by molar-refractivity contribution is 0.0695. The molecule has 3 aromatic rings. The van der Waals surface area contributed by atoms with Gasteiger partial charge in [-0.2, -0.15) is 0 Å². The smallest absolute Gasteiger partial charge is 0.335 e. The van der Waals surface area contributed by atoms with Crippen molar-refractivity contribution in [2.24, 2.45) is 0 Å². The Hall–Kier alpha value is -3.26. The van der Waals surface area contributed by atoms with Crippen LogP contribution >= 0.6 is 0 Å². The minimum Gasteiger partial charge on any atom is -0.478 e. The maximum atomic E-state index is 13.8. The summed E-state index contributed by atoms with van der Waals surface area (Å²) in [5, 5.41) is 9.25. The standard InChI is InChI=1S/C21H17F2NO4S/c22-16-10-11-20(19(23)13-16)29(27,28)24-17-6-3-4-14(12-17)8-9-15-5-1-2-7-18(15)21(25)26/h1-7,10-13,24H,8-9H2,(H,25,26). The third-order valence-electron chi connectivity index (χ3n) is 4.29. The Balaban J connectivity index is 1.77. The number of sulfonamides is 1. The van der Waals surface area contributed by atoms with Gasteiger partial charge in [0, 0.05) is 11.8 Å². The van der Waals surface area contributed by atoms with Gasteiger partial charge in [-0.05, 0) is 54.3 Å². The van der Waals surface area contributed by atoms with Crippen LogP contribution in [0, 0.1) is 11.6 Å². The lowest BCUT2D eigenvalue weighted by Gasteiger charge is -2.11. The van der Waals surface area contributed by atoms with Gasteiger partial charge in [-0.25, -0.2) is 22.0 Å². The summed E-state index contributed by atoms with van der Waals surface area (Å²) in [6.45, 7) is 0. The van der Waals surface area contributed by atoms with E-state index in [0.717, 1.165) is 17.7 Å². The highest BCUT2D eigenvalue weighted by Crippen LogP contribution is 2.21. The molecule has 5 nitrogen and oxygen atoms in total. The van der Waals surface area contributed by atoms with Gasteiger partial charge < -0.3 is 5.11 Å². The molecule has 0 radical (unpaired) electrons. The second-order valence-electron chi connectivity index (χ2n) is 6.34. The van der Waals surface area contributed by atoms with Gasteiger partial charge in [0.1, 0.15) is 16.5 Å². The first kappa shape index (κ1) is 20.5. The van der Waals surface area contributed by atoms with Crippen molar-refractivity contribution < 1.29 is 27.1 Å². The number of aromatic carboxylic acids is 1. The molecular weight excluding hydrogens is 400 g/mol. The number of carbonyl (C=O) groups is 1. The molecule has 8 heteroatoms. The summed E-state index contributed by atoms with van der Waals surface area (Å²) in [7, 11) is -4.23. The zero-order chi connectivity index (χ0) is 21.0. The molecule has 3 aromatic carbocycles. The van der Waals surface area contributed by atoms with E-state index in [1.807, 2.05) is 0 Å². The summed E-state index contributed by atoms with van der Waals surface area (Å²) in [5.74, 6) is -3.06. The Bertz CT molecular complexity index is 1160. The largest absolute Gasteiger partial charge is 0.478 e. The van der Waals surface area contributed by atoms with Crippen LogP contribution in [0.25, 0.3) is 0 Å². The van der Waals surface area contributed by atoms with Gasteiger partial charge in [0.15, 0.2) is 0 Å². The van der Waals surface area contributed by atoms with E-state index < -0.39 is 32.5 Å². The first-order valence-electron chi connectivity index (χ1n) is 8.64. The molecule has 0 atom stereocenters. The van der Waals surface area contributed by atoms with E-state index in [1.165, 1.54) is 12.1 Å². The van der Waals surface area contributed by atoms with Crippen LogP contribution in [0.4, 0.5) is 14.5 Å². The van der Waals surface area contributed by atoms with Crippen molar-refractivity contribution in [2.45, 2.75) is 17.7 Å². The number of aryl methyl sites for hydroxylation is 2. The molecule has 0 saturated heterocycles. The summed E-state index contributed by atoms with van der Waals surface area (Å²) < 4.78 is 53.9. The number of anilines is 1. The molecule has 29 heavy (non-hydrogen) atoms. The summed E-state index contributed by atoms with van der Waals surface area (Å²) in [5.41, 5.74) is 1.87. The van der Waals surface area contributed by atoms with Crippen LogP contribution in [0.15, 0.2) is 71.6 Å². The third kappa shape index (κ3) is 4.97. The molecule has 0 spiro atoms. The first-order chi connectivity index (χ1) is 13.8. The predicted octanol–water partition coefficient (Wildman–Crippen LogP) is 4.25. The van der Waals surface area contributed by atoms with Gasteiger partial charge in [-0.15, -0.1) is 0 Å².